The molecule has 9 nitrogen and oxygen atoms in total. The molecular formula is C20H20FN3O6S2. The van der Waals surface area contributed by atoms with Crippen molar-refractivity contribution in [3.8, 4) is 5.75 Å². The molecule has 3 aliphatic rings. The molecule has 1 saturated heterocycles. The Labute approximate surface area is 184 Å². The topological polar surface area (TPSA) is 124 Å². The number of phenolic OH excluding ortho intramolecular Hbond substituents is 1. The number of benzene rings is 2. The molecule has 0 unspecified atom stereocenters. The maximum absolute atomic E-state index is 15.4. The number of carbonyl (C=O) groups is 1. The molecule has 1 saturated carbocycles. The number of hydrogen-bond donors (Lipinski definition) is 2. The summed E-state index contributed by atoms with van der Waals surface area (Å²) in [5.74, 6) is -2.43. The third-order valence-corrected chi connectivity index (χ3v) is 9.88. The number of nitrogens with zero attached hydrogens (tertiary/aromatic N) is 2. The predicted octanol–water partition coefficient (Wildman–Crippen LogP) is 1.45. The summed E-state index contributed by atoms with van der Waals surface area (Å²) in [4.78, 5) is 11.5. The van der Waals surface area contributed by atoms with Crippen LogP contribution in [0, 0.1) is 5.82 Å². The summed E-state index contributed by atoms with van der Waals surface area (Å²) < 4.78 is 68.7. The van der Waals surface area contributed by atoms with E-state index in [1.165, 1.54) is 16.4 Å². The lowest BCUT2D eigenvalue weighted by molar-refractivity contribution is -0.117. The molecule has 2 N–H and O–H groups in total. The molecular weight excluding hydrogens is 461 g/mol. The number of phenols is 1. The van der Waals surface area contributed by atoms with Crippen LogP contribution < -0.4 is 9.03 Å². The summed E-state index contributed by atoms with van der Waals surface area (Å²) in [6.07, 6.45) is 4.02. The highest BCUT2D eigenvalue weighted by Gasteiger charge is 2.39. The lowest BCUT2D eigenvalue weighted by Crippen LogP contribution is -2.40. The number of amides is 1. The van der Waals surface area contributed by atoms with Gasteiger partial charge in [-0.05, 0) is 41.5 Å². The van der Waals surface area contributed by atoms with Gasteiger partial charge in [0, 0.05) is 18.5 Å². The first kappa shape index (κ1) is 21.2. The number of hydrogen-bond acceptors (Lipinski definition) is 6. The van der Waals surface area contributed by atoms with Gasteiger partial charge in [0.1, 0.15) is 18.0 Å². The van der Waals surface area contributed by atoms with Crippen molar-refractivity contribution in [1.29, 1.82) is 0 Å². The van der Waals surface area contributed by atoms with Crippen molar-refractivity contribution in [3.05, 3.63) is 41.7 Å². The fourth-order valence-corrected chi connectivity index (χ4v) is 7.34. The minimum Gasteiger partial charge on any atom is -0.506 e. The summed E-state index contributed by atoms with van der Waals surface area (Å²) in [7, 11) is -7.68. The second-order valence-corrected chi connectivity index (χ2v) is 12.0. The van der Waals surface area contributed by atoms with E-state index in [1.807, 2.05) is 0 Å². The van der Waals surface area contributed by atoms with Crippen LogP contribution >= 0.6 is 0 Å². The van der Waals surface area contributed by atoms with Gasteiger partial charge in [-0.3, -0.25) is 4.79 Å². The van der Waals surface area contributed by atoms with Gasteiger partial charge in [0.15, 0.2) is 5.82 Å². The van der Waals surface area contributed by atoms with Crippen molar-refractivity contribution in [1.82, 2.24) is 9.03 Å². The number of nitrogens with one attached hydrogen (secondary N) is 1. The predicted molar refractivity (Wildman–Crippen MR) is 116 cm³/mol. The summed E-state index contributed by atoms with van der Waals surface area (Å²) in [5, 5.41) is 10.3. The van der Waals surface area contributed by atoms with Crippen molar-refractivity contribution < 1.29 is 31.1 Å². The van der Waals surface area contributed by atoms with Gasteiger partial charge in [-0.15, -0.1) is 0 Å². The number of rotatable bonds is 4. The lowest BCUT2D eigenvalue weighted by atomic mass is 10.0. The fourth-order valence-electron chi connectivity index (χ4n) is 4.22. The first-order chi connectivity index (χ1) is 15.1. The van der Waals surface area contributed by atoms with Crippen molar-refractivity contribution in [2.45, 2.75) is 24.5 Å². The normalized spacial score (nSPS) is 21.6. The van der Waals surface area contributed by atoms with E-state index in [0.29, 0.717) is 28.1 Å². The minimum absolute atomic E-state index is 0.0473. The molecule has 5 rings (SSSR count). The highest BCUT2D eigenvalue weighted by Crippen LogP contribution is 2.39. The van der Waals surface area contributed by atoms with Crippen molar-refractivity contribution in [2.24, 2.45) is 0 Å². The molecule has 2 heterocycles. The number of sulfonamides is 1. The Bertz CT molecular complexity index is 1400. The van der Waals surface area contributed by atoms with Gasteiger partial charge in [-0.1, -0.05) is 24.6 Å². The van der Waals surface area contributed by atoms with Crippen LogP contribution in [-0.4, -0.2) is 57.0 Å². The van der Waals surface area contributed by atoms with E-state index in [0.717, 1.165) is 12.0 Å². The smallest absolute Gasteiger partial charge is 0.326 e. The molecule has 0 aromatic heterocycles. The van der Waals surface area contributed by atoms with Crippen molar-refractivity contribution in [3.63, 3.8) is 0 Å². The van der Waals surface area contributed by atoms with E-state index < -0.39 is 49.9 Å². The summed E-state index contributed by atoms with van der Waals surface area (Å²) in [6, 6.07) is 6.00. The van der Waals surface area contributed by atoms with Crippen LogP contribution in [0.1, 0.15) is 24.8 Å². The third-order valence-electron chi connectivity index (χ3n) is 6.19. The Morgan fingerprint density at radius 2 is 1.91 bits per heavy atom. The van der Waals surface area contributed by atoms with Crippen LogP contribution in [0.4, 0.5) is 10.1 Å². The van der Waals surface area contributed by atoms with E-state index in [-0.39, 0.29) is 23.7 Å². The monoisotopic (exact) mass is 481 g/mol. The number of carbonyl (C=O) groups excluding carboxylic acids is 1. The van der Waals surface area contributed by atoms with Gasteiger partial charge in [0.2, 0.25) is 10.0 Å². The van der Waals surface area contributed by atoms with E-state index in [2.05, 4.69) is 0 Å². The zero-order chi connectivity index (χ0) is 22.8. The van der Waals surface area contributed by atoms with E-state index in [9.17, 15) is 26.7 Å². The second-order valence-electron chi connectivity index (χ2n) is 8.15. The zero-order valence-corrected chi connectivity index (χ0v) is 18.4. The van der Waals surface area contributed by atoms with Crippen LogP contribution in [0.15, 0.2) is 30.3 Å². The maximum atomic E-state index is 15.4. The summed E-state index contributed by atoms with van der Waals surface area (Å²) in [6.45, 7) is -0.220. The van der Waals surface area contributed by atoms with Gasteiger partial charge in [0.25, 0.3) is 5.91 Å². The van der Waals surface area contributed by atoms with Crippen molar-refractivity contribution in [2.75, 3.05) is 23.9 Å². The first-order valence-corrected chi connectivity index (χ1v) is 13.0. The Balaban J connectivity index is 1.51. The average molecular weight is 482 g/mol. The largest absolute Gasteiger partial charge is 0.506 e. The highest BCUT2D eigenvalue weighted by atomic mass is 32.2. The number of fused-ring (bicyclic) bond motifs is 1. The van der Waals surface area contributed by atoms with Gasteiger partial charge in [-0.25, -0.2) is 21.8 Å². The minimum atomic E-state index is -4.31. The molecule has 170 valence electrons. The van der Waals surface area contributed by atoms with E-state index in [1.54, 1.807) is 22.9 Å². The molecule has 1 amide bonds. The molecule has 2 fully saturated rings. The molecule has 0 spiro atoms. The SMILES string of the molecule is O=C1CN(c2c(O)cc3ccc(C4=CCN(S(=O)(=O)C5CCC5)C4)cc3c2F)S(=O)(=O)N1. The van der Waals surface area contributed by atoms with Gasteiger partial charge in [-0.2, -0.15) is 12.7 Å². The Kier molecular flexibility index (Phi) is 4.73. The zero-order valence-electron chi connectivity index (χ0n) is 16.8. The number of anilines is 1. The first-order valence-electron chi connectivity index (χ1n) is 10.0. The van der Waals surface area contributed by atoms with Crippen LogP contribution in [0.25, 0.3) is 16.3 Å². The van der Waals surface area contributed by atoms with Gasteiger partial charge in [0.05, 0.1) is 5.25 Å². The van der Waals surface area contributed by atoms with Crippen LogP contribution in [0.5, 0.6) is 5.75 Å². The molecule has 2 aromatic carbocycles. The molecule has 0 bridgehead atoms. The quantitative estimate of drug-likeness (QED) is 0.681. The van der Waals surface area contributed by atoms with Crippen LogP contribution in [0.2, 0.25) is 0 Å². The van der Waals surface area contributed by atoms with Gasteiger partial charge < -0.3 is 5.11 Å². The van der Waals surface area contributed by atoms with E-state index in [4.69, 9.17) is 0 Å². The fraction of sp³-hybridized carbons (Fsp3) is 0.350. The molecule has 2 aromatic rings. The second kappa shape index (κ2) is 7.15. The number of aromatic hydroxyl groups is 1. The Hall–Kier alpha value is -2.70. The lowest BCUT2D eigenvalue weighted by Gasteiger charge is -2.29. The molecule has 0 radical (unpaired) electrons. The van der Waals surface area contributed by atoms with Crippen LogP contribution in [-0.2, 0) is 25.0 Å². The molecule has 0 atom stereocenters. The maximum Gasteiger partial charge on any atom is 0.326 e. The standard InChI is InChI=1S/C20H20FN3O6S2/c21-19-16-8-12(14-6-7-23(10-14)31(27,28)15-2-1-3-15)4-5-13(16)9-17(25)20(19)24-11-18(26)22-32(24,29)30/h4-6,8-9,15,25H,1-3,7,10-11H2,(H,22,26). The van der Waals surface area contributed by atoms with E-state index >= 15 is 4.39 Å². The third kappa shape index (κ3) is 3.24. The van der Waals surface area contributed by atoms with Crippen LogP contribution in [0.3, 0.4) is 0 Å². The highest BCUT2D eigenvalue weighted by molar-refractivity contribution is 7.92. The summed E-state index contributed by atoms with van der Waals surface area (Å²) in [5.41, 5.74) is 0.704. The Morgan fingerprint density at radius 1 is 1.16 bits per heavy atom. The molecule has 12 heteroatoms. The van der Waals surface area contributed by atoms with Crippen molar-refractivity contribution >= 4 is 48.2 Å². The number of halogens is 1. The average Bonchev–Trinajstić information content (AvgIpc) is 3.25. The molecule has 2 aliphatic heterocycles. The molecule has 1 aliphatic carbocycles. The van der Waals surface area contributed by atoms with Gasteiger partial charge >= 0.3 is 10.2 Å². The summed E-state index contributed by atoms with van der Waals surface area (Å²) >= 11 is 0. The Morgan fingerprint density at radius 3 is 2.53 bits per heavy atom. The molecule has 32 heavy (non-hydrogen) atoms.